The van der Waals surface area contributed by atoms with E-state index in [1.165, 1.54) is 6.92 Å². The second-order valence-corrected chi connectivity index (χ2v) is 5.27. The molecule has 0 aromatic rings. The molecule has 0 bridgehead atoms. The van der Waals surface area contributed by atoms with E-state index in [0.29, 0.717) is 12.8 Å². The van der Waals surface area contributed by atoms with Gasteiger partial charge in [-0.2, -0.15) is 0 Å². The van der Waals surface area contributed by atoms with Gasteiger partial charge in [0.1, 0.15) is 0 Å². The highest BCUT2D eigenvalue weighted by Gasteiger charge is 2.55. The van der Waals surface area contributed by atoms with Crippen molar-refractivity contribution in [2.45, 2.75) is 58.4 Å². The summed E-state index contributed by atoms with van der Waals surface area (Å²) < 4.78 is 10.1. The fourth-order valence-corrected chi connectivity index (χ4v) is 2.92. The smallest absolute Gasteiger partial charge is 0.343 e. The van der Waals surface area contributed by atoms with E-state index in [2.05, 4.69) is 5.32 Å². The quantitative estimate of drug-likeness (QED) is 0.594. The van der Waals surface area contributed by atoms with Crippen LogP contribution in [-0.2, 0) is 23.9 Å². The first-order valence-corrected chi connectivity index (χ1v) is 7.62. The number of carbonyl (C=O) groups excluding carboxylic acids is 3. The highest BCUT2D eigenvalue weighted by Crippen LogP contribution is 2.35. The van der Waals surface area contributed by atoms with Crippen molar-refractivity contribution in [3.8, 4) is 0 Å². The van der Waals surface area contributed by atoms with Crippen LogP contribution in [0.2, 0.25) is 0 Å². The molecule has 0 spiro atoms. The monoisotopic (exact) mass is 299 g/mol. The normalized spacial score (nSPS) is 16.1. The molecular weight excluding hydrogens is 274 g/mol. The van der Waals surface area contributed by atoms with Gasteiger partial charge in [-0.15, -0.1) is 0 Å². The topological polar surface area (TPSA) is 81.7 Å². The summed E-state index contributed by atoms with van der Waals surface area (Å²) in [5.41, 5.74) is -1.71. The van der Waals surface area contributed by atoms with Crippen LogP contribution in [0.1, 0.15) is 52.9 Å². The van der Waals surface area contributed by atoms with Gasteiger partial charge in [-0.05, 0) is 26.7 Å². The second kappa shape index (κ2) is 8.00. The molecule has 0 radical (unpaired) electrons. The number of carbonyl (C=O) groups is 3. The van der Waals surface area contributed by atoms with Crippen LogP contribution >= 0.6 is 0 Å². The zero-order valence-corrected chi connectivity index (χ0v) is 13.1. The molecule has 1 rings (SSSR count). The van der Waals surface area contributed by atoms with E-state index in [-0.39, 0.29) is 19.1 Å². The van der Waals surface area contributed by atoms with Crippen molar-refractivity contribution < 1.29 is 23.9 Å². The molecule has 0 aromatic heterocycles. The van der Waals surface area contributed by atoms with Gasteiger partial charge in [0.2, 0.25) is 11.4 Å². The third-order valence-corrected chi connectivity index (χ3v) is 3.79. The van der Waals surface area contributed by atoms with Crippen molar-refractivity contribution in [1.82, 2.24) is 5.32 Å². The van der Waals surface area contributed by atoms with Crippen LogP contribution in [0.5, 0.6) is 0 Å². The maximum Gasteiger partial charge on any atom is 0.343 e. The second-order valence-electron chi connectivity index (χ2n) is 5.27. The summed E-state index contributed by atoms with van der Waals surface area (Å²) in [4.78, 5) is 36.5. The Morgan fingerprint density at radius 3 is 1.86 bits per heavy atom. The lowest BCUT2D eigenvalue weighted by Crippen LogP contribution is -2.65. The van der Waals surface area contributed by atoms with Crippen molar-refractivity contribution in [3.63, 3.8) is 0 Å². The van der Waals surface area contributed by atoms with Crippen LogP contribution in [0.3, 0.4) is 0 Å². The summed E-state index contributed by atoms with van der Waals surface area (Å²) in [7, 11) is 0. The Morgan fingerprint density at radius 2 is 1.48 bits per heavy atom. The number of ether oxygens (including phenoxy) is 2. The molecule has 0 unspecified atom stereocenters. The number of hydrogen-bond donors (Lipinski definition) is 1. The van der Waals surface area contributed by atoms with Crippen molar-refractivity contribution in [3.05, 3.63) is 0 Å². The zero-order valence-electron chi connectivity index (χ0n) is 13.1. The van der Waals surface area contributed by atoms with Crippen LogP contribution in [0.4, 0.5) is 0 Å². The molecule has 1 fully saturated rings. The molecule has 21 heavy (non-hydrogen) atoms. The fraction of sp³-hybridized carbons (Fsp3) is 0.800. The van der Waals surface area contributed by atoms with E-state index in [9.17, 15) is 14.4 Å². The summed E-state index contributed by atoms with van der Waals surface area (Å²) in [5, 5.41) is 2.54. The van der Waals surface area contributed by atoms with E-state index in [1.807, 2.05) is 0 Å². The van der Waals surface area contributed by atoms with Gasteiger partial charge in [0.25, 0.3) is 0 Å². The Labute approximate surface area is 125 Å². The van der Waals surface area contributed by atoms with Crippen molar-refractivity contribution in [2.75, 3.05) is 13.2 Å². The minimum absolute atomic E-state index is 0.145. The van der Waals surface area contributed by atoms with Gasteiger partial charge in [0.15, 0.2) is 0 Å². The van der Waals surface area contributed by atoms with E-state index < -0.39 is 23.4 Å². The Morgan fingerprint density at radius 1 is 1.00 bits per heavy atom. The maximum atomic E-state index is 12.5. The Kier molecular flexibility index (Phi) is 6.65. The van der Waals surface area contributed by atoms with Crippen molar-refractivity contribution >= 4 is 17.8 Å². The molecule has 0 aromatic carbocycles. The summed E-state index contributed by atoms with van der Waals surface area (Å²) >= 11 is 0. The number of esters is 2. The lowest BCUT2D eigenvalue weighted by molar-refractivity contribution is -0.172. The Balaban J connectivity index is 3.20. The molecule has 6 heteroatoms. The summed E-state index contributed by atoms with van der Waals surface area (Å²) in [6.45, 7) is 4.92. The third kappa shape index (κ3) is 3.95. The summed E-state index contributed by atoms with van der Waals surface area (Å²) in [6.07, 6.45) is 4.30. The van der Waals surface area contributed by atoms with Crippen LogP contribution in [0.25, 0.3) is 0 Å². The minimum atomic E-state index is -1.71. The van der Waals surface area contributed by atoms with Gasteiger partial charge in [0.05, 0.1) is 13.2 Å². The highest BCUT2D eigenvalue weighted by atomic mass is 16.6. The molecular formula is C15H25NO5. The first kappa shape index (κ1) is 17.5. The fourth-order valence-electron chi connectivity index (χ4n) is 2.92. The van der Waals surface area contributed by atoms with Gasteiger partial charge in [-0.25, -0.2) is 9.59 Å². The lowest BCUT2D eigenvalue weighted by atomic mass is 9.74. The number of nitrogens with one attached hydrogen (secondary N) is 1. The van der Waals surface area contributed by atoms with Gasteiger partial charge >= 0.3 is 11.9 Å². The number of amides is 1. The molecule has 0 heterocycles. The Bertz CT molecular complexity index is 370. The average molecular weight is 299 g/mol. The number of rotatable bonds is 6. The van der Waals surface area contributed by atoms with Crippen molar-refractivity contribution in [1.29, 1.82) is 0 Å². The van der Waals surface area contributed by atoms with E-state index in [0.717, 1.165) is 19.3 Å². The average Bonchev–Trinajstić information content (AvgIpc) is 2.45. The van der Waals surface area contributed by atoms with Crippen LogP contribution in [0, 0.1) is 5.92 Å². The Hall–Kier alpha value is -1.59. The number of hydrogen-bond acceptors (Lipinski definition) is 5. The van der Waals surface area contributed by atoms with Crippen LogP contribution < -0.4 is 5.32 Å². The highest BCUT2D eigenvalue weighted by molar-refractivity contribution is 6.08. The molecule has 1 aliphatic rings. The lowest BCUT2D eigenvalue weighted by Gasteiger charge is -2.38. The predicted octanol–water partition coefficient (Wildman–Crippen LogP) is 1.57. The molecule has 120 valence electrons. The van der Waals surface area contributed by atoms with Gasteiger partial charge in [-0.3, -0.25) is 4.79 Å². The van der Waals surface area contributed by atoms with E-state index >= 15 is 0 Å². The van der Waals surface area contributed by atoms with E-state index in [1.54, 1.807) is 13.8 Å². The summed E-state index contributed by atoms with van der Waals surface area (Å²) in [6, 6.07) is 0. The summed E-state index contributed by atoms with van der Waals surface area (Å²) in [5.74, 6) is -2.16. The van der Waals surface area contributed by atoms with Crippen molar-refractivity contribution in [2.24, 2.45) is 5.92 Å². The first-order chi connectivity index (χ1) is 9.98. The molecule has 0 aliphatic heterocycles. The molecule has 1 aliphatic carbocycles. The molecule has 1 saturated carbocycles. The zero-order chi connectivity index (χ0) is 15.9. The molecule has 0 atom stereocenters. The maximum absolute atomic E-state index is 12.5. The molecule has 0 saturated heterocycles. The van der Waals surface area contributed by atoms with Gasteiger partial charge in [0, 0.05) is 12.8 Å². The van der Waals surface area contributed by atoms with Gasteiger partial charge < -0.3 is 14.8 Å². The molecule has 1 amide bonds. The molecule has 6 nitrogen and oxygen atoms in total. The first-order valence-electron chi connectivity index (χ1n) is 7.62. The minimum Gasteiger partial charge on any atom is -0.464 e. The molecule has 1 N–H and O–H groups in total. The van der Waals surface area contributed by atoms with Gasteiger partial charge in [-0.1, -0.05) is 19.3 Å². The predicted molar refractivity (Wildman–Crippen MR) is 76.4 cm³/mol. The largest absolute Gasteiger partial charge is 0.464 e. The van der Waals surface area contributed by atoms with Crippen LogP contribution in [0.15, 0.2) is 0 Å². The third-order valence-electron chi connectivity index (χ3n) is 3.79. The SMILES string of the molecule is CCOC(=O)C(NC(C)=O)(C(=O)OCC)C1CCCCC1. The van der Waals surface area contributed by atoms with Crippen LogP contribution in [-0.4, -0.2) is 36.6 Å². The standard InChI is InChI=1S/C15H25NO5/c1-4-20-13(18)15(16-11(3)17,14(19)21-5-2)12-9-7-6-8-10-12/h12H,4-10H2,1-3H3,(H,16,17). The van der Waals surface area contributed by atoms with E-state index in [4.69, 9.17) is 9.47 Å².